The largest absolute Gasteiger partial charge is 0.344 e. The van der Waals surface area contributed by atoms with E-state index in [0.29, 0.717) is 16.8 Å². The van der Waals surface area contributed by atoms with Gasteiger partial charge in [-0.2, -0.15) is 5.10 Å². The SMILES string of the molecule is Cc1nn(C)cc1C(=O)NCC(=O)c1ccccc1. The molecule has 19 heavy (non-hydrogen) atoms. The summed E-state index contributed by atoms with van der Waals surface area (Å²) in [6.07, 6.45) is 1.64. The Morgan fingerprint density at radius 2 is 1.95 bits per heavy atom. The first-order valence-corrected chi connectivity index (χ1v) is 5.94. The maximum absolute atomic E-state index is 11.9. The molecule has 0 fully saturated rings. The fourth-order valence-electron chi connectivity index (χ4n) is 1.80. The predicted octanol–water partition coefficient (Wildman–Crippen LogP) is 1.34. The van der Waals surface area contributed by atoms with Gasteiger partial charge in [-0.15, -0.1) is 0 Å². The summed E-state index contributed by atoms with van der Waals surface area (Å²) < 4.78 is 1.57. The Morgan fingerprint density at radius 1 is 1.26 bits per heavy atom. The van der Waals surface area contributed by atoms with Gasteiger partial charge in [0.2, 0.25) is 0 Å². The summed E-state index contributed by atoms with van der Waals surface area (Å²) in [6, 6.07) is 8.88. The number of hydrogen-bond donors (Lipinski definition) is 1. The molecule has 0 bridgehead atoms. The van der Waals surface area contributed by atoms with Gasteiger partial charge in [0.15, 0.2) is 5.78 Å². The topological polar surface area (TPSA) is 64.0 Å². The molecule has 1 amide bonds. The van der Waals surface area contributed by atoms with Crippen molar-refractivity contribution in [1.29, 1.82) is 0 Å². The van der Waals surface area contributed by atoms with Gasteiger partial charge in [-0.3, -0.25) is 14.3 Å². The maximum Gasteiger partial charge on any atom is 0.255 e. The maximum atomic E-state index is 11.9. The van der Waals surface area contributed by atoms with Crippen LogP contribution in [0.25, 0.3) is 0 Å². The Bertz CT molecular complexity index is 602. The Labute approximate surface area is 111 Å². The molecule has 1 N–H and O–H groups in total. The fourth-order valence-corrected chi connectivity index (χ4v) is 1.80. The molecule has 5 heteroatoms. The van der Waals surface area contributed by atoms with Gasteiger partial charge >= 0.3 is 0 Å². The van der Waals surface area contributed by atoms with Crippen LogP contribution >= 0.6 is 0 Å². The zero-order valence-electron chi connectivity index (χ0n) is 10.9. The van der Waals surface area contributed by atoms with Crippen molar-refractivity contribution in [2.75, 3.05) is 6.54 Å². The molecule has 2 rings (SSSR count). The van der Waals surface area contributed by atoms with Crippen molar-refractivity contribution < 1.29 is 9.59 Å². The Hall–Kier alpha value is -2.43. The minimum absolute atomic E-state index is 0.0167. The monoisotopic (exact) mass is 257 g/mol. The number of amides is 1. The van der Waals surface area contributed by atoms with Gasteiger partial charge in [0, 0.05) is 18.8 Å². The van der Waals surface area contributed by atoms with Gasteiger partial charge < -0.3 is 5.32 Å². The smallest absolute Gasteiger partial charge is 0.255 e. The number of carbonyl (C=O) groups is 2. The molecule has 0 saturated heterocycles. The molecule has 1 heterocycles. The van der Waals surface area contributed by atoms with Gasteiger partial charge in [-0.1, -0.05) is 30.3 Å². The lowest BCUT2D eigenvalue weighted by molar-refractivity contribution is 0.0903. The van der Waals surface area contributed by atoms with E-state index >= 15 is 0 Å². The third kappa shape index (κ3) is 3.07. The molecule has 0 saturated carbocycles. The average Bonchev–Trinajstić information content (AvgIpc) is 2.75. The van der Waals surface area contributed by atoms with Gasteiger partial charge in [0.1, 0.15) is 0 Å². The number of rotatable bonds is 4. The summed E-state index contributed by atoms with van der Waals surface area (Å²) in [6.45, 7) is 1.74. The second-order valence-corrected chi connectivity index (χ2v) is 4.27. The number of nitrogens with zero attached hydrogens (tertiary/aromatic N) is 2. The molecule has 0 aliphatic rings. The highest BCUT2D eigenvalue weighted by Crippen LogP contribution is 2.04. The molecule has 0 aliphatic heterocycles. The number of ketones is 1. The van der Waals surface area contributed by atoms with E-state index in [4.69, 9.17) is 0 Å². The molecule has 1 aromatic heterocycles. The van der Waals surface area contributed by atoms with Crippen molar-refractivity contribution in [3.05, 3.63) is 53.3 Å². The molecule has 0 atom stereocenters. The third-order valence-corrected chi connectivity index (χ3v) is 2.76. The molecule has 0 spiro atoms. The van der Waals surface area contributed by atoms with Crippen LogP contribution in [0.2, 0.25) is 0 Å². The molecule has 0 aliphatic carbocycles. The summed E-state index contributed by atoms with van der Waals surface area (Å²) >= 11 is 0. The first-order valence-electron chi connectivity index (χ1n) is 5.94. The van der Waals surface area contributed by atoms with Gasteiger partial charge in [0.25, 0.3) is 5.91 Å². The van der Waals surface area contributed by atoms with Gasteiger partial charge in [-0.25, -0.2) is 0 Å². The van der Waals surface area contributed by atoms with Crippen LogP contribution in [-0.2, 0) is 7.05 Å². The summed E-state index contributed by atoms with van der Waals surface area (Å²) in [5.41, 5.74) is 1.72. The molecule has 0 radical (unpaired) electrons. The Balaban J connectivity index is 1.98. The number of benzene rings is 1. The Kier molecular flexibility index (Phi) is 3.75. The summed E-state index contributed by atoms with van der Waals surface area (Å²) in [5, 5.41) is 6.70. The van der Waals surface area contributed by atoms with Crippen molar-refractivity contribution in [2.24, 2.45) is 7.05 Å². The number of Topliss-reactive ketones (excluding diaryl/α,β-unsaturated/α-hetero) is 1. The zero-order valence-corrected chi connectivity index (χ0v) is 10.9. The van der Waals surface area contributed by atoms with Crippen LogP contribution in [0.4, 0.5) is 0 Å². The first kappa shape index (κ1) is 13.0. The quantitative estimate of drug-likeness (QED) is 0.841. The van der Waals surface area contributed by atoms with Gasteiger partial charge in [-0.05, 0) is 6.92 Å². The van der Waals surface area contributed by atoms with E-state index in [1.54, 1.807) is 49.1 Å². The number of carbonyl (C=O) groups excluding carboxylic acids is 2. The highest BCUT2D eigenvalue weighted by atomic mass is 16.2. The number of nitrogens with one attached hydrogen (secondary N) is 1. The predicted molar refractivity (Wildman–Crippen MR) is 71.1 cm³/mol. The van der Waals surface area contributed by atoms with Crippen molar-refractivity contribution >= 4 is 11.7 Å². The summed E-state index contributed by atoms with van der Waals surface area (Å²) in [4.78, 5) is 23.7. The van der Waals surface area contributed by atoms with E-state index in [2.05, 4.69) is 10.4 Å². The van der Waals surface area contributed by atoms with Crippen LogP contribution in [0.15, 0.2) is 36.5 Å². The number of hydrogen-bond acceptors (Lipinski definition) is 3. The highest BCUT2D eigenvalue weighted by Gasteiger charge is 2.13. The molecule has 98 valence electrons. The molecule has 1 aromatic carbocycles. The van der Waals surface area contributed by atoms with E-state index in [1.807, 2.05) is 6.07 Å². The molecular formula is C14H15N3O2. The van der Waals surface area contributed by atoms with Crippen molar-refractivity contribution in [2.45, 2.75) is 6.92 Å². The fraction of sp³-hybridized carbons (Fsp3) is 0.214. The lowest BCUT2D eigenvalue weighted by atomic mass is 10.1. The normalized spacial score (nSPS) is 10.2. The van der Waals surface area contributed by atoms with Crippen LogP contribution in [0.1, 0.15) is 26.4 Å². The molecule has 0 unspecified atom stereocenters. The second-order valence-electron chi connectivity index (χ2n) is 4.27. The lowest BCUT2D eigenvalue weighted by Gasteiger charge is -2.03. The molecule has 5 nitrogen and oxygen atoms in total. The van der Waals surface area contributed by atoms with Gasteiger partial charge in [0.05, 0.1) is 17.8 Å². The standard InChI is InChI=1S/C14H15N3O2/c1-10-12(9-17(2)16-10)14(19)15-8-13(18)11-6-4-3-5-7-11/h3-7,9H,8H2,1-2H3,(H,15,19). The van der Waals surface area contributed by atoms with E-state index in [-0.39, 0.29) is 18.2 Å². The van der Waals surface area contributed by atoms with Crippen LogP contribution in [-0.4, -0.2) is 28.0 Å². The zero-order chi connectivity index (χ0) is 13.8. The average molecular weight is 257 g/mol. The minimum Gasteiger partial charge on any atom is -0.344 e. The van der Waals surface area contributed by atoms with E-state index < -0.39 is 0 Å². The third-order valence-electron chi connectivity index (χ3n) is 2.76. The van der Waals surface area contributed by atoms with Crippen molar-refractivity contribution in [1.82, 2.24) is 15.1 Å². The second kappa shape index (κ2) is 5.48. The van der Waals surface area contributed by atoms with E-state index in [1.165, 1.54) is 0 Å². The van der Waals surface area contributed by atoms with Crippen molar-refractivity contribution in [3.8, 4) is 0 Å². The van der Waals surface area contributed by atoms with E-state index in [9.17, 15) is 9.59 Å². The van der Waals surface area contributed by atoms with E-state index in [0.717, 1.165) is 0 Å². The number of aromatic nitrogens is 2. The lowest BCUT2D eigenvalue weighted by Crippen LogP contribution is -2.29. The summed E-state index contributed by atoms with van der Waals surface area (Å²) in [5.74, 6) is -0.398. The van der Waals surface area contributed by atoms with Crippen LogP contribution in [0.5, 0.6) is 0 Å². The van der Waals surface area contributed by atoms with Crippen LogP contribution in [0.3, 0.4) is 0 Å². The van der Waals surface area contributed by atoms with Crippen LogP contribution in [0, 0.1) is 6.92 Å². The minimum atomic E-state index is -0.283. The summed E-state index contributed by atoms with van der Waals surface area (Å²) in [7, 11) is 1.75. The molecule has 2 aromatic rings. The van der Waals surface area contributed by atoms with Crippen molar-refractivity contribution in [3.63, 3.8) is 0 Å². The first-order chi connectivity index (χ1) is 9.08. The number of aryl methyl sites for hydroxylation is 2. The molecular weight excluding hydrogens is 242 g/mol. The Morgan fingerprint density at radius 3 is 2.53 bits per heavy atom. The van der Waals surface area contributed by atoms with Crippen LogP contribution < -0.4 is 5.32 Å². The highest BCUT2D eigenvalue weighted by molar-refractivity contribution is 6.02.